The Labute approximate surface area is 295 Å². The Kier molecular flexibility index (Phi) is 10.6. The normalized spacial score (nSPS) is 12.4. The van der Waals surface area contributed by atoms with Crippen LogP contribution in [0.15, 0.2) is 106 Å². The van der Waals surface area contributed by atoms with Gasteiger partial charge in [0.1, 0.15) is 41.1 Å². The molecule has 0 fully saturated rings. The van der Waals surface area contributed by atoms with Crippen LogP contribution in [0.2, 0.25) is 0 Å². The number of hydrogen-bond acceptors (Lipinski definition) is 9. The molecule has 0 saturated heterocycles. The van der Waals surface area contributed by atoms with Gasteiger partial charge in [-0.15, -0.1) is 11.3 Å². The van der Waals surface area contributed by atoms with E-state index in [1.165, 1.54) is 35.9 Å². The molecule has 0 spiro atoms. The first-order chi connectivity index (χ1) is 23.6. The molecule has 1 unspecified atom stereocenters. The fraction of sp³-hybridized carbons (Fsp3) is 0.194. The maximum absolute atomic E-state index is 15.5. The van der Waals surface area contributed by atoms with E-state index in [9.17, 15) is 12.8 Å². The number of halogens is 3. The van der Waals surface area contributed by atoms with Crippen molar-refractivity contribution in [1.29, 1.82) is 0 Å². The van der Waals surface area contributed by atoms with Crippen molar-refractivity contribution in [2.45, 2.75) is 30.9 Å². The van der Waals surface area contributed by atoms with Crippen molar-refractivity contribution < 1.29 is 21.9 Å². The number of ether oxygens (including phenoxy) is 1. The van der Waals surface area contributed by atoms with Crippen LogP contribution in [-0.2, 0) is 16.4 Å². The van der Waals surface area contributed by atoms with Crippen molar-refractivity contribution in [3.05, 3.63) is 123 Å². The van der Waals surface area contributed by atoms with E-state index in [1.54, 1.807) is 54.6 Å². The van der Waals surface area contributed by atoms with Crippen LogP contribution in [0.25, 0.3) is 22.2 Å². The number of fused-ring (bicyclic) bond motifs is 1. The fourth-order valence-electron chi connectivity index (χ4n) is 5.40. The van der Waals surface area contributed by atoms with E-state index in [0.29, 0.717) is 67.3 Å². The third-order valence-electron chi connectivity index (χ3n) is 8.02. The first-order valence-electron chi connectivity index (χ1n) is 15.4. The maximum Gasteiger partial charge on any atom is 0.179 e. The third-order valence-corrected chi connectivity index (χ3v) is 11.3. The van der Waals surface area contributed by atoms with E-state index in [0.717, 1.165) is 5.01 Å². The first-order valence-corrected chi connectivity index (χ1v) is 18.8. The van der Waals surface area contributed by atoms with Crippen LogP contribution in [0, 0.1) is 11.6 Å². The minimum Gasteiger partial charge on any atom is -0.488 e. The highest BCUT2D eigenvalue weighted by atomic mass is 79.9. The largest absolute Gasteiger partial charge is 0.488 e. The molecule has 13 heteroatoms. The Morgan fingerprint density at radius 2 is 1.82 bits per heavy atom. The SMILES string of the molecule is CCC(c1nc(-c2cc3c(Nc4ccc(OCc5cccc(F)c5)c(Br)c4)ncnc3cc2F)cs1)N(C)CCS(=O)(=O)c1ccccc1. The molecule has 8 nitrogen and oxygen atoms in total. The summed E-state index contributed by atoms with van der Waals surface area (Å²) in [5.41, 5.74) is 2.62. The molecule has 2 heterocycles. The van der Waals surface area contributed by atoms with E-state index in [1.807, 2.05) is 36.4 Å². The Hall–Kier alpha value is -4.30. The topological polar surface area (TPSA) is 97.3 Å². The Bertz CT molecular complexity index is 2200. The lowest BCUT2D eigenvalue weighted by Crippen LogP contribution is -2.29. The molecular weight excluding hydrogens is 732 g/mol. The smallest absolute Gasteiger partial charge is 0.179 e. The molecule has 0 amide bonds. The van der Waals surface area contributed by atoms with E-state index in [-0.39, 0.29) is 24.2 Å². The molecule has 6 rings (SSSR count). The molecule has 0 saturated carbocycles. The number of nitrogens with one attached hydrogen (secondary N) is 1. The molecule has 1 atom stereocenters. The van der Waals surface area contributed by atoms with E-state index < -0.39 is 15.7 Å². The van der Waals surface area contributed by atoms with Gasteiger partial charge in [0.05, 0.1) is 32.4 Å². The van der Waals surface area contributed by atoms with Crippen LogP contribution >= 0.6 is 27.3 Å². The predicted molar refractivity (Wildman–Crippen MR) is 193 cm³/mol. The second-order valence-corrected chi connectivity index (χ2v) is 15.2. The van der Waals surface area contributed by atoms with Crippen molar-refractivity contribution >= 4 is 59.5 Å². The Morgan fingerprint density at radius 3 is 2.57 bits per heavy atom. The molecule has 252 valence electrons. The summed E-state index contributed by atoms with van der Waals surface area (Å²) >= 11 is 4.96. The molecule has 49 heavy (non-hydrogen) atoms. The van der Waals surface area contributed by atoms with Crippen LogP contribution in [0.5, 0.6) is 5.75 Å². The molecule has 4 aromatic carbocycles. The van der Waals surface area contributed by atoms with Crippen LogP contribution in [-0.4, -0.2) is 47.6 Å². The van der Waals surface area contributed by atoms with Crippen molar-refractivity contribution in [1.82, 2.24) is 19.9 Å². The van der Waals surface area contributed by atoms with Gasteiger partial charge in [-0.2, -0.15) is 0 Å². The van der Waals surface area contributed by atoms with Gasteiger partial charge in [-0.05, 0) is 83.5 Å². The number of nitrogens with zero attached hydrogens (tertiary/aromatic N) is 4. The van der Waals surface area contributed by atoms with Crippen molar-refractivity contribution in [2.24, 2.45) is 0 Å². The number of sulfone groups is 1. The Morgan fingerprint density at radius 1 is 1.00 bits per heavy atom. The van der Waals surface area contributed by atoms with E-state index in [2.05, 4.69) is 31.2 Å². The van der Waals surface area contributed by atoms with Gasteiger partial charge in [-0.3, -0.25) is 4.90 Å². The quantitative estimate of drug-likeness (QED) is 0.125. The minimum atomic E-state index is -3.44. The van der Waals surface area contributed by atoms with Crippen molar-refractivity contribution in [3.63, 3.8) is 0 Å². The van der Waals surface area contributed by atoms with Gasteiger partial charge < -0.3 is 10.1 Å². The highest BCUT2D eigenvalue weighted by molar-refractivity contribution is 9.10. The zero-order chi connectivity index (χ0) is 34.5. The average molecular weight is 765 g/mol. The highest BCUT2D eigenvalue weighted by Gasteiger charge is 2.23. The average Bonchev–Trinajstić information content (AvgIpc) is 3.57. The second kappa shape index (κ2) is 15.1. The summed E-state index contributed by atoms with van der Waals surface area (Å²) in [6.07, 6.45) is 2.07. The van der Waals surface area contributed by atoms with Crippen LogP contribution in [0.3, 0.4) is 0 Å². The first kappa shape index (κ1) is 34.6. The van der Waals surface area contributed by atoms with Gasteiger partial charge in [0.15, 0.2) is 9.84 Å². The van der Waals surface area contributed by atoms with Gasteiger partial charge in [-0.25, -0.2) is 32.2 Å². The van der Waals surface area contributed by atoms with Gasteiger partial charge in [0.2, 0.25) is 0 Å². The number of anilines is 2. The number of aromatic nitrogens is 3. The van der Waals surface area contributed by atoms with Crippen LogP contribution in [0.4, 0.5) is 20.3 Å². The highest BCUT2D eigenvalue weighted by Crippen LogP contribution is 2.36. The summed E-state index contributed by atoms with van der Waals surface area (Å²) in [4.78, 5) is 15.8. The lowest BCUT2D eigenvalue weighted by molar-refractivity contribution is 0.251. The summed E-state index contributed by atoms with van der Waals surface area (Å²) in [5.74, 6) is 0.246. The minimum absolute atomic E-state index is 0.0292. The van der Waals surface area contributed by atoms with Gasteiger partial charge in [0.25, 0.3) is 0 Å². The summed E-state index contributed by atoms with van der Waals surface area (Å²) < 4.78 is 61.3. The maximum atomic E-state index is 15.5. The van der Waals surface area contributed by atoms with Gasteiger partial charge >= 0.3 is 0 Å². The number of hydrogen-bond donors (Lipinski definition) is 1. The molecule has 0 radical (unpaired) electrons. The molecule has 6 aromatic rings. The van der Waals surface area contributed by atoms with Gasteiger partial charge in [-0.1, -0.05) is 37.3 Å². The summed E-state index contributed by atoms with van der Waals surface area (Å²) in [5, 5.41) is 6.48. The number of rotatable bonds is 13. The lowest BCUT2D eigenvalue weighted by Gasteiger charge is -2.25. The number of benzene rings is 4. The van der Waals surface area contributed by atoms with Crippen LogP contribution < -0.4 is 10.1 Å². The zero-order valence-corrected chi connectivity index (χ0v) is 29.8. The standard InChI is InChI=1S/C36H32BrF2N5O3S2/c1-3-33(44(2)14-15-49(45,46)26-10-5-4-6-11-26)36-43-32(21-48-36)27-18-28-31(19-30(27)39)40-22-41-35(28)42-25-12-13-34(29(37)17-25)47-20-23-8-7-9-24(38)16-23/h4-13,16-19,21-22,33H,3,14-15,20H2,1-2H3,(H,40,41,42). The fourth-order valence-corrected chi connectivity index (χ4v) is 8.29. The monoisotopic (exact) mass is 763 g/mol. The summed E-state index contributed by atoms with van der Waals surface area (Å²) in [6, 6.07) is 23.0. The third kappa shape index (κ3) is 8.13. The zero-order valence-electron chi connectivity index (χ0n) is 26.6. The molecular formula is C36H32BrF2N5O3S2. The molecule has 0 bridgehead atoms. The van der Waals surface area contributed by atoms with Crippen LogP contribution in [0.1, 0.15) is 30.0 Å². The second-order valence-electron chi connectivity index (χ2n) is 11.4. The molecule has 0 aliphatic heterocycles. The molecule has 0 aliphatic carbocycles. The molecule has 2 aromatic heterocycles. The lowest BCUT2D eigenvalue weighted by atomic mass is 10.1. The molecule has 1 N–H and O–H groups in total. The van der Waals surface area contributed by atoms with E-state index >= 15 is 4.39 Å². The van der Waals surface area contributed by atoms with Gasteiger partial charge in [0, 0.05) is 34.6 Å². The number of thiazole rings is 1. The van der Waals surface area contributed by atoms with Crippen molar-refractivity contribution in [2.75, 3.05) is 24.7 Å². The predicted octanol–water partition coefficient (Wildman–Crippen LogP) is 8.97. The van der Waals surface area contributed by atoms with E-state index in [4.69, 9.17) is 9.72 Å². The summed E-state index contributed by atoms with van der Waals surface area (Å²) in [7, 11) is -1.56. The summed E-state index contributed by atoms with van der Waals surface area (Å²) in [6.45, 7) is 2.54. The molecule has 0 aliphatic rings. The Balaban J connectivity index is 1.19. The van der Waals surface area contributed by atoms with Crippen molar-refractivity contribution in [3.8, 4) is 17.0 Å².